The fourth-order valence-electron chi connectivity index (χ4n) is 16.8. The molecule has 3 saturated carbocycles. The Balaban J connectivity index is 0.000000291. The maximum atomic E-state index is 13.2. The predicted octanol–water partition coefficient (Wildman–Crippen LogP) is 35.9. The molecule has 0 bridgehead atoms. The van der Waals surface area contributed by atoms with E-state index in [1.54, 1.807) is 31.2 Å². The summed E-state index contributed by atoms with van der Waals surface area (Å²) in [5, 5.41) is 0. The Bertz CT molecular complexity index is 4490. The van der Waals surface area contributed by atoms with Gasteiger partial charge in [0.1, 0.15) is 46.0 Å². The van der Waals surface area contributed by atoms with Gasteiger partial charge in [0.25, 0.3) is 0 Å². The Morgan fingerprint density at radius 3 is 0.887 bits per heavy atom. The highest BCUT2D eigenvalue weighted by atomic mass is 19.4. The molecule has 3 aliphatic carbocycles. The summed E-state index contributed by atoms with van der Waals surface area (Å²) in [5.74, 6) is 11.3. The van der Waals surface area contributed by atoms with Crippen LogP contribution in [0.2, 0.25) is 0 Å². The van der Waals surface area contributed by atoms with Gasteiger partial charge in [-0.3, -0.25) is 4.74 Å². The predicted molar refractivity (Wildman–Crippen MR) is 565 cm³/mol. The number of hydrogen-bond donors (Lipinski definition) is 0. The van der Waals surface area contributed by atoms with Crippen LogP contribution in [0, 0.1) is 23.2 Å². The van der Waals surface area contributed by atoms with Crippen molar-refractivity contribution in [3.8, 4) is 46.0 Å². The first-order chi connectivity index (χ1) is 66.8. The van der Waals surface area contributed by atoms with E-state index < -0.39 is 30.5 Å². The van der Waals surface area contributed by atoms with Crippen molar-refractivity contribution in [2.24, 2.45) is 23.2 Å². The lowest BCUT2D eigenvalue weighted by Gasteiger charge is -2.37. The van der Waals surface area contributed by atoms with Gasteiger partial charge in [-0.05, 0) is 340 Å². The summed E-state index contributed by atoms with van der Waals surface area (Å²) < 4.78 is 152. The zero-order chi connectivity index (χ0) is 104. The van der Waals surface area contributed by atoms with Crippen LogP contribution in [0.3, 0.4) is 0 Å². The van der Waals surface area contributed by atoms with Crippen molar-refractivity contribution in [3.05, 3.63) is 239 Å². The van der Waals surface area contributed by atoms with Crippen LogP contribution in [-0.2, 0) is 39.3 Å². The highest BCUT2D eigenvalue weighted by molar-refractivity contribution is 5.37. The van der Waals surface area contributed by atoms with Crippen LogP contribution >= 0.6 is 0 Å². The van der Waals surface area contributed by atoms with Crippen LogP contribution in [0.15, 0.2) is 200 Å². The van der Waals surface area contributed by atoms with E-state index in [-0.39, 0.29) is 48.8 Å². The zero-order valence-corrected chi connectivity index (χ0v) is 91.0. The average Bonchev–Trinajstić information content (AvgIpc) is 0.783. The lowest BCUT2D eigenvalue weighted by atomic mass is 9.72. The van der Waals surface area contributed by atoms with Crippen LogP contribution < -0.4 is 37.9 Å². The molecule has 0 spiro atoms. The van der Waals surface area contributed by atoms with Crippen molar-refractivity contribution in [2.45, 2.75) is 425 Å². The molecule has 790 valence electrons. The molecule has 13 atom stereocenters. The number of rotatable bonds is 42. The number of para-hydroxylation sites is 1. The standard InChI is InChI=1S/C22H36O2.C20H32O2.C19H30O2.C18H22O2.C15H21F3O2.C14H22O2.C13H17F3O2/c1-7-16(2)18-8-12-20(13-9-18)23-17(3)24-21-14-10-19(11-15-21)22(4,5)6;1-4-16(2)19-10-12-20(13-11-19)22-17(3)21-15-14-18-8-6-5-7-9-18;1-4-15(2)18-10-12-19(13-11-18)21-16(3)20-14-17-8-6-5-7-9-17;1-4-14(2)16-10-12-18(13-11-16)20-15(3)19-17-8-6-5-7-9-17;1-5-14(4,15(16,17)18)12-7-9-13(10-8-12)20-11(3)19-6-2;1-6-15-11(2)16-13-9-7-12(8-10-13)14(3,4)5;1-4-9(2)11-5-7-12(8-6-11)17-10(3)18-13(14,15)16/h8-9,12-13,16-17,19,21H,7,10-11,14-15H2,1-6H3;10-13,16-18H,4-9,14-15H2,1-3H3;10-13,15-17H,4-9,14H2,1-3H3;5-15H,4H2,1-3H3;7-11H,5-6H2,1-4H3;7-11H,6H2,1-5H3;5-10H,4H2,1-3H3. The van der Waals surface area contributed by atoms with E-state index in [0.29, 0.717) is 65.8 Å². The van der Waals surface area contributed by atoms with E-state index in [0.717, 1.165) is 103 Å². The first-order valence-electron chi connectivity index (χ1n) is 52.9. The Hall–Kier alpha value is -8.50. The van der Waals surface area contributed by atoms with Gasteiger partial charge < -0.3 is 61.6 Å². The summed E-state index contributed by atoms with van der Waals surface area (Å²) in [6.45, 7) is 57.8. The summed E-state index contributed by atoms with van der Waals surface area (Å²) in [5.41, 5.74) is 6.92. The zero-order valence-electron chi connectivity index (χ0n) is 91.0. The van der Waals surface area contributed by atoms with Crippen molar-refractivity contribution in [2.75, 3.05) is 26.4 Å². The lowest BCUT2D eigenvalue weighted by Crippen LogP contribution is -2.38. The van der Waals surface area contributed by atoms with Gasteiger partial charge in [-0.25, -0.2) is 0 Å². The van der Waals surface area contributed by atoms with Gasteiger partial charge in [0.2, 0.25) is 12.6 Å². The first-order valence-corrected chi connectivity index (χ1v) is 52.9. The van der Waals surface area contributed by atoms with Crippen molar-refractivity contribution < 1.29 is 92.7 Å². The van der Waals surface area contributed by atoms with Crippen LogP contribution in [-0.4, -0.2) is 89.1 Å². The summed E-state index contributed by atoms with van der Waals surface area (Å²) in [7, 11) is 0. The molecule has 13 unspecified atom stereocenters. The molecule has 0 aliphatic heterocycles. The van der Waals surface area contributed by atoms with E-state index in [9.17, 15) is 26.3 Å². The molecule has 0 saturated heterocycles. The van der Waals surface area contributed by atoms with Crippen molar-refractivity contribution >= 4 is 0 Å². The first kappa shape index (κ1) is 123. The van der Waals surface area contributed by atoms with Crippen LogP contribution in [0.5, 0.6) is 46.0 Å². The monoisotopic (exact) mass is 1970 g/mol. The number of halogens is 6. The van der Waals surface area contributed by atoms with E-state index >= 15 is 0 Å². The van der Waals surface area contributed by atoms with Crippen molar-refractivity contribution in [3.63, 3.8) is 0 Å². The molecule has 0 aromatic heterocycles. The van der Waals surface area contributed by atoms with Gasteiger partial charge >= 0.3 is 12.5 Å². The minimum absolute atomic E-state index is 0.00788. The second-order valence-corrected chi connectivity index (χ2v) is 40.6. The number of ether oxygens (including phenoxy) is 14. The van der Waals surface area contributed by atoms with Gasteiger partial charge in [0.15, 0.2) is 31.5 Å². The quantitative estimate of drug-likeness (QED) is 0.0266. The molecule has 0 radical (unpaired) electrons. The smallest absolute Gasteiger partial charge is 0.465 e. The molecule has 141 heavy (non-hydrogen) atoms. The Labute approximate surface area is 847 Å². The van der Waals surface area contributed by atoms with E-state index in [1.165, 1.54) is 157 Å². The number of hydrogen-bond acceptors (Lipinski definition) is 14. The summed E-state index contributed by atoms with van der Waals surface area (Å²) in [6, 6.07) is 64.6. The number of benzene rings is 8. The molecular formula is C121H180F6O14. The maximum absolute atomic E-state index is 13.2. The second kappa shape index (κ2) is 64.4. The normalized spacial score (nSPS) is 17.7. The van der Waals surface area contributed by atoms with Crippen molar-refractivity contribution in [1.82, 2.24) is 0 Å². The molecule has 3 aliphatic rings. The Kier molecular flexibility index (Phi) is 56.2. The second-order valence-electron chi connectivity index (χ2n) is 40.6. The van der Waals surface area contributed by atoms with Gasteiger partial charge in [-0.2, -0.15) is 13.2 Å². The maximum Gasteiger partial charge on any atom is 0.525 e. The van der Waals surface area contributed by atoms with Crippen LogP contribution in [0.4, 0.5) is 26.3 Å². The lowest BCUT2D eigenvalue weighted by molar-refractivity contribution is -0.363. The third-order valence-electron chi connectivity index (χ3n) is 27.3. The molecule has 14 nitrogen and oxygen atoms in total. The Morgan fingerprint density at radius 2 is 0.582 bits per heavy atom. The van der Waals surface area contributed by atoms with E-state index in [4.69, 9.17) is 61.6 Å². The molecule has 0 amide bonds. The van der Waals surface area contributed by atoms with Crippen molar-refractivity contribution in [1.29, 1.82) is 0 Å². The topological polar surface area (TPSA) is 129 Å². The summed E-state index contributed by atoms with van der Waals surface area (Å²) in [4.78, 5) is 0. The molecule has 3 fully saturated rings. The van der Waals surface area contributed by atoms with Gasteiger partial charge in [0.05, 0.1) is 24.7 Å². The third kappa shape index (κ3) is 48.4. The third-order valence-corrected chi connectivity index (χ3v) is 27.3. The van der Waals surface area contributed by atoms with Crippen LogP contribution in [0.1, 0.15) is 390 Å². The fraction of sp³-hybridized carbons (Fsp3) is 0.603. The molecule has 8 aromatic carbocycles. The molecule has 0 heterocycles. The van der Waals surface area contributed by atoms with Crippen LogP contribution in [0.25, 0.3) is 0 Å². The average molecular weight is 1970 g/mol. The largest absolute Gasteiger partial charge is 0.525 e. The molecule has 0 N–H and O–H groups in total. The summed E-state index contributed by atoms with van der Waals surface area (Å²) in [6.07, 6.45) is 14.0. The number of alkyl halides is 6. The van der Waals surface area contributed by atoms with E-state index in [1.807, 2.05) is 115 Å². The van der Waals surface area contributed by atoms with E-state index in [2.05, 4.69) is 213 Å². The minimum Gasteiger partial charge on any atom is -0.465 e. The van der Waals surface area contributed by atoms with Gasteiger partial charge in [-0.1, -0.05) is 272 Å². The SMILES string of the molecule is CCC(C)c1ccc(OC(C)OC(F)(F)F)cc1.CCC(C)c1ccc(OC(C)OC2CCC(C(C)(C)C)CC2)cc1.CCC(C)c1ccc(OC(C)OCC2CCCCC2)cc1.CCC(C)c1ccc(OC(C)OCCC2CCCCC2)cc1.CCC(C)c1ccc(OC(C)Oc2ccccc2)cc1.CCOC(C)Oc1ccc(C(C)(C)C)cc1.CCOC(C)Oc1ccc(C(C)(CC)C(F)(F)F)cc1. The minimum atomic E-state index is -4.68. The highest BCUT2D eigenvalue weighted by Crippen LogP contribution is 2.45. The van der Waals surface area contributed by atoms with Gasteiger partial charge in [0, 0.05) is 20.1 Å². The molecule has 8 aromatic rings. The molecule has 11 rings (SSSR count). The van der Waals surface area contributed by atoms with Gasteiger partial charge in [-0.15, -0.1) is 13.2 Å². The molecular weight excluding hydrogens is 1790 g/mol. The summed E-state index contributed by atoms with van der Waals surface area (Å²) >= 11 is 0. The fourth-order valence-corrected chi connectivity index (χ4v) is 16.8. The highest BCUT2D eigenvalue weighted by Gasteiger charge is 2.51. The Morgan fingerprint density at radius 1 is 0.291 bits per heavy atom. The molecule has 20 heteroatoms.